The van der Waals surface area contributed by atoms with Gasteiger partial charge in [-0.15, -0.1) is 0 Å². The van der Waals surface area contributed by atoms with Crippen LogP contribution in [0.15, 0.2) is 32.7 Å². The van der Waals surface area contributed by atoms with Crippen molar-refractivity contribution in [2.24, 2.45) is 15.7 Å². The number of nitrogens with two attached hydrogens (primary N) is 1. The summed E-state index contributed by atoms with van der Waals surface area (Å²) in [7, 11) is 3.03. The van der Waals surface area contributed by atoms with Crippen molar-refractivity contribution in [2.45, 2.75) is 0 Å². The molecule has 0 fully saturated rings. The molecule has 1 aromatic rings. The monoisotopic (exact) mass is 313 g/mol. The van der Waals surface area contributed by atoms with Gasteiger partial charge in [-0.25, -0.2) is 4.39 Å². The van der Waals surface area contributed by atoms with E-state index in [0.29, 0.717) is 10.2 Å². The Labute approximate surface area is 113 Å². The number of anilines is 1. The smallest absolute Gasteiger partial charge is 0.152 e. The van der Waals surface area contributed by atoms with E-state index >= 15 is 0 Å². The van der Waals surface area contributed by atoms with Gasteiger partial charge in [-0.05, 0) is 34.1 Å². The second-order valence-corrected chi connectivity index (χ2v) is 4.16. The summed E-state index contributed by atoms with van der Waals surface area (Å²) in [5.41, 5.74) is 6.41. The minimum atomic E-state index is -0.369. The largest absolute Gasteiger partial charge is 0.382 e. The number of halogens is 2. The van der Waals surface area contributed by atoms with Crippen LogP contribution in [0.4, 0.5) is 10.1 Å². The Kier molecular flexibility index (Phi) is 4.96. The number of nitrogens with one attached hydrogen (secondary N) is 2. The summed E-state index contributed by atoms with van der Waals surface area (Å²) >= 11 is 3.07. The summed E-state index contributed by atoms with van der Waals surface area (Å²) < 4.78 is 13.4. The van der Waals surface area contributed by atoms with E-state index in [1.54, 1.807) is 0 Å². The average molecular weight is 314 g/mol. The maximum Gasteiger partial charge on any atom is 0.152 e. The van der Waals surface area contributed by atoms with Crippen molar-refractivity contribution < 1.29 is 4.39 Å². The molecular formula is C11H13BrFN5. The minimum Gasteiger partial charge on any atom is -0.382 e. The van der Waals surface area contributed by atoms with E-state index in [1.807, 2.05) is 0 Å². The van der Waals surface area contributed by atoms with Gasteiger partial charge < -0.3 is 11.1 Å². The molecule has 0 aromatic heterocycles. The molecule has 1 aromatic carbocycles. The Hall–Kier alpha value is -1.76. The highest BCUT2D eigenvalue weighted by atomic mass is 79.9. The number of benzene rings is 1. The van der Waals surface area contributed by atoms with Crippen LogP contribution in [0.2, 0.25) is 0 Å². The highest BCUT2D eigenvalue weighted by Gasteiger charge is 2.11. The molecule has 0 aliphatic heterocycles. The molecule has 0 spiro atoms. The Morgan fingerprint density at radius 1 is 1.39 bits per heavy atom. The maximum atomic E-state index is 13.1. The van der Waals surface area contributed by atoms with Crippen molar-refractivity contribution in [2.75, 3.05) is 19.4 Å². The fraction of sp³-hybridized carbons (Fsp3) is 0.182. The van der Waals surface area contributed by atoms with E-state index in [1.165, 1.54) is 32.3 Å². The van der Waals surface area contributed by atoms with Crippen LogP contribution in [-0.4, -0.2) is 31.5 Å². The highest BCUT2D eigenvalue weighted by molar-refractivity contribution is 9.10. The summed E-state index contributed by atoms with van der Waals surface area (Å²) in [6.07, 6.45) is 0. The maximum absolute atomic E-state index is 13.1. The lowest BCUT2D eigenvalue weighted by Gasteiger charge is -2.10. The molecule has 4 N–H and O–H groups in total. The van der Waals surface area contributed by atoms with E-state index < -0.39 is 0 Å². The summed E-state index contributed by atoms with van der Waals surface area (Å²) in [6.45, 7) is 0. The molecule has 96 valence electrons. The minimum absolute atomic E-state index is 0.000826. The van der Waals surface area contributed by atoms with Gasteiger partial charge in [-0.1, -0.05) is 0 Å². The first-order chi connectivity index (χ1) is 8.49. The fourth-order valence-electron chi connectivity index (χ4n) is 1.24. The number of rotatable bonds is 3. The van der Waals surface area contributed by atoms with E-state index in [0.717, 1.165) is 0 Å². The van der Waals surface area contributed by atoms with Gasteiger partial charge in [0.2, 0.25) is 0 Å². The highest BCUT2D eigenvalue weighted by Crippen LogP contribution is 2.19. The standard InChI is InChI=1S/C11H13BrFN5/c1-16-9(10(14)17-2)11(15)18-6-3-4-8(13)7(12)5-6/h3-5H,1-2H3,(H2,14,17)(H2,15,18)/b16-9+. The van der Waals surface area contributed by atoms with Crippen molar-refractivity contribution in [3.8, 4) is 0 Å². The Bertz CT molecular complexity index is 524. The first kappa shape index (κ1) is 14.3. The summed E-state index contributed by atoms with van der Waals surface area (Å²) in [5.74, 6) is -0.207. The molecule has 0 atom stereocenters. The molecule has 5 nitrogen and oxygen atoms in total. The molecule has 0 unspecified atom stereocenters. The molecule has 0 saturated carbocycles. The molecular weight excluding hydrogens is 301 g/mol. The number of hydrogen-bond acceptors (Lipinski definition) is 3. The summed E-state index contributed by atoms with van der Waals surface area (Å²) in [6, 6.07) is 4.33. The average Bonchev–Trinajstić information content (AvgIpc) is 2.34. The zero-order valence-electron chi connectivity index (χ0n) is 9.96. The van der Waals surface area contributed by atoms with Crippen LogP contribution in [0.25, 0.3) is 0 Å². The van der Waals surface area contributed by atoms with Crippen molar-refractivity contribution in [3.05, 3.63) is 28.5 Å². The van der Waals surface area contributed by atoms with Gasteiger partial charge in [0, 0.05) is 19.8 Å². The zero-order chi connectivity index (χ0) is 13.7. The van der Waals surface area contributed by atoms with Crippen LogP contribution in [0.3, 0.4) is 0 Å². The van der Waals surface area contributed by atoms with Crippen molar-refractivity contribution in [3.63, 3.8) is 0 Å². The predicted molar refractivity (Wildman–Crippen MR) is 76.4 cm³/mol. The third-order valence-corrected chi connectivity index (χ3v) is 2.74. The van der Waals surface area contributed by atoms with Crippen molar-refractivity contribution >= 4 is 39.0 Å². The summed E-state index contributed by atoms with van der Waals surface area (Å²) in [5, 5.41) is 10.6. The van der Waals surface area contributed by atoms with Gasteiger partial charge >= 0.3 is 0 Å². The van der Waals surface area contributed by atoms with Gasteiger partial charge in [0.25, 0.3) is 0 Å². The molecule has 0 saturated heterocycles. The predicted octanol–water partition coefficient (Wildman–Crippen LogP) is 2.04. The Morgan fingerprint density at radius 3 is 2.56 bits per heavy atom. The molecule has 1 rings (SSSR count). The van der Waals surface area contributed by atoms with Crippen LogP contribution < -0.4 is 11.1 Å². The van der Waals surface area contributed by atoms with Crippen molar-refractivity contribution in [1.82, 2.24) is 0 Å². The van der Waals surface area contributed by atoms with E-state index in [2.05, 4.69) is 31.2 Å². The molecule has 18 heavy (non-hydrogen) atoms. The van der Waals surface area contributed by atoms with Crippen LogP contribution in [0.5, 0.6) is 0 Å². The second kappa shape index (κ2) is 6.25. The number of aliphatic imine (C=N–C) groups is 2. The summed E-state index contributed by atoms with van der Waals surface area (Å²) in [4.78, 5) is 7.65. The zero-order valence-corrected chi connectivity index (χ0v) is 11.5. The molecule has 0 amide bonds. The van der Waals surface area contributed by atoms with Crippen LogP contribution in [0.1, 0.15) is 0 Å². The molecule has 0 heterocycles. The first-order valence-electron chi connectivity index (χ1n) is 5.00. The van der Waals surface area contributed by atoms with Crippen molar-refractivity contribution in [1.29, 1.82) is 5.41 Å². The SMILES string of the molecule is C/N=C(C(=N)Nc1ccc(F)c(Br)c1)\C(N)=N/C. The quantitative estimate of drug-likeness (QED) is 0.589. The number of nitrogens with zero attached hydrogens (tertiary/aromatic N) is 2. The molecule has 0 radical (unpaired) electrons. The molecule has 7 heteroatoms. The third kappa shape index (κ3) is 3.36. The van der Waals surface area contributed by atoms with Gasteiger partial charge in [0.1, 0.15) is 17.4 Å². The Morgan fingerprint density at radius 2 is 2.06 bits per heavy atom. The molecule has 0 bridgehead atoms. The topological polar surface area (TPSA) is 86.6 Å². The molecule has 0 aliphatic carbocycles. The van der Waals surface area contributed by atoms with E-state index in [-0.39, 0.29) is 23.2 Å². The van der Waals surface area contributed by atoms with Gasteiger partial charge in [0.05, 0.1) is 4.47 Å². The first-order valence-corrected chi connectivity index (χ1v) is 5.79. The normalized spacial score (nSPS) is 12.4. The lowest BCUT2D eigenvalue weighted by atomic mass is 10.2. The van der Waals surface area contributed by atoms with Gasteiger partial charge in [-0.2, -0.15) is 0 Å². The van der Waals surface area contributed by atoms with Crippen LogP contribution in [0, 0.1) is 11.2 Å². The molecule has 0 aliphatic rings. The number of hydrogen-bond donors (Lipinski definition) is 3. The van der Waals surface area contributed by atoms with Crippen LogP contribution >= 0.6 is 15.9 Å². The number of amidine groups is 2. The van der Waals surface area contributed by atoms with Crippen LogP contribution in [-0.2, 0) is 0 Å². The lowest BCUT2D eigenvalue weighted by molar-refractivity contribution is 0.621. The third-order valence-electron chi connectivity index (χ3n) is 2.13. The van der Waals surface area contributed by atoms with E-state index in [9.17, 15) is 4.39 Å². The van der Waals surface area contributed by atoms with Gasteiger partial charge in [-0.3, -0.25) is 15.4 Å². The second-order valence-electron chi connectivity index (χ2n) is 3.31. The fourth-order valence-corrected chi connectivity index (χ4v) is 1.62. The Balaban J connectivity index is 2.90. The lowest BCUT2D eigenvalue weighted by Crippen LogP contribution is -2.34. The van der Waals surface area contributed by atoms with E-state index in [4.69, 9.17) is 11.1 Å². The van der Waals surface area contributed by atoms with Gasteiger partial charge in [0.15, 0.2) is 5.84 Å².